The lowest BCUT2D eigenvalue weighted by Gasteiger charge is -2.33. The number of ether oxygens (including phenoxy) is 1. The number of nitrogens with one attached hydrogen (secondary N) is 1. The predicted octanol–water partition coefficient (Wildman–Crippen LogP) is 6.90. The highest BCUT2D eigenvalue weighted by Crippen LogP contribution is 2.29. The molecule has 6 nitrogen and oxygen atoms in total. The number of amides is 1. The second-order valence-electron chi connectivity index (χ2n) is 10.9. The molecule has 1 aromatic heterocycles. The van der Waals surface area contributed by atoms with E-state index in [1.54, 1.807) is 0 Å². The lowest BCUT2D eigenvalue weighted by atomic mass is 9.95. The van der Waals surface area contributed by atoms with E-state index in [0.717, 1.165) is 42.6 Å². The standard InChI is InChI=1S/C30H37ClN4O2.ClH/c1-20(2)19-37-28-11-10-26(31)16-25(28)18-35-21(3)14-29(33-35)32-30(36)23-8-9-24-17-34(13-12-22(24)15-23)27-6-4-5-7-27;/h8-11,14-16,20,27H,4-7,12-13,17-19H2,1-3H3,(H,32,33,36);1H. The topological polar surface area (TPSA) is 59.4 Å². The van der Waals surface area contributed by atoms with Crippen molar-refractivity contribution in [3.63, 3.8) is 0 Å². The summed E-state index contributed by atoms with van der Waals surface area (Å²) in [4.78, 5) is 15.7. The van der Waals surface area contributed by atoms with Crippen LogP contribution in [0.2, 0.25) is 5.02 Å². The Morgan fingerprint density at radius 3 is 2.68 bits per heavy atom. The Morgan fingerprint density at radius 2 is 1.92 bits per heavy atom. The molecular weight excluding hydrogens is 519 g/mol. The third-order valence-corrected chi connectivity index (χ3v) is 7.72. The maximum absolute atomic E-state index is 13.1. The van der Waals surface area contributed by atoms with Crippen molar-refractivity contribution < 1.29 is 9.53 Å². The second-order valence-corrected chi connectivity index (χ2v) is 11.3. The summed E-state index contributed by atoms with van der Waals surface area (Å²) in [5.74, 6) is 1.64. The molecule has 3 aromatic rings. The van der Waals surface area contributed by atoms with Gasteiger partial charge < -0.3 is 10.1 Å². The van der Waals surface area contributed by atoms with Gasteiger partial charge in [0.15, 0.2) is 5.82 Å². The molecular formula is C30H38Cl2N4O2. The van der Waals surface area contributed by atoms with E-state index in [2.05, 4.69) is 41.3 Å². The van der Waals surface area contributed by atoms with E-state index in [1.807, 2.05) is 41.9 Å². The normalized spacial score (nSPS) is 15.8. The predicted molar refractivity (Wildman–Crippen MR) is 156 cm³/mol. The lowest BCUT2D eigenvalue weighted by molar-refractivity contribution is 0.102. The van der Waals surface area contributed by atoms with E-state index >= 15 is 0 Å². The van der Waals surface area contributed by atoms with Crippen LogP contribution >= 0.6 is 24.0 Å². The molecule has 0 radical (unpaired) electrons. The first-order valence-corrected chi connectivity index (χ1v) is 13.9. The fourth-order valence-corrected chi connectivity index (χ4v) is 5.64. The summed E-state index contributed by atoms with van der Waals surface area (Å²) >= 11 is 6.27. The summed E-state index contributed by atoms with van der Waals surface area (Å²) in [6, 6.07) is 14.4. The molecule has 1 N–H and O–H groups in total. The van der Waals surface area contributed by atoms with Crippen LogP contribution < -0.4 is 10.1 Å². The SMILES string of the molecule is Cc1cc(NC(=O)c2ccc3c(c2)CCN(C2CCCC2)C3)nn1Cc1cc(Cl)ccc1OCC(C)C.Cl. The highest BCUT2D eigenvalue weighted by atomic mass is 35.5. The van der Waals surface area contributed by atoms with E-state index in [-0.39, 0.29) is 18.3 Å². The van der Waals surface area contributed by atoms with Crippen molar-refractivity contribution in [3.8, 4) is 5.75 Å². The average Bonchev–Trinajstić information content (AvgIpc) is 3.53. The van der Waals surface area contributed by atoms with Gasteiger partial charge in [-0.2, -0.15) is 5.10 Å². The van der Waals surface area contributed by atoms with E-state index in [1.165, 1.54) is 36.8 Å². The monoisotopic (exact) mass is 556 g/mol. The number of hydrogen-bond acceptors (Lipinski definition) is 4. The van der Waals surface area contributed by atoms with Gasteiger partial charge in [-0.1, -0.05) is 44.4 Å². The van der Waals surface area contributed by atoms with Gasteiger partial charge in [0, 0.05) is 47.0 Å². The number of benzene rings is 2. The minimum absolute atomic E-state index is 0. The molecule has 0 atom stereocenters. The van der Waals surface area contributed by atoms with Crippen molar-refractivity contribution >= 4 is 35.7 Å². The zero-order chi connectivity index (χ0) is 25.9. The summed E-state index contributed by atoms with van der Waals surface area (Å²) in [5, 5.41) is 8.31. The van der Waals surface area contributed by atoms with E-state index < -0.39 is 0 Å². The molecule has 2 aliphatic rings. The number of hydrogen-bond donors (Lipinski definition) is 1. The van der Waals surface area contributed by atoms with Crippen molar-refractivity contribution in [1.29, 1.82) is 0 Å². The molecule has 0 saturated heterocycles. The van der Waals surface area contributed by atoms with Gasteiger partial charge in [-0.05, 0) is 73.6 Å². The molecule has 0 unspecified atom stereocenters. The number of fused-ring (bicyclic) bond motifs is 1. The molecule has 1 aliphatic heterocycles. The molecule has 204 valence electrons. The van der Waals surface area contributed by atoms with Crippen molar-refractivity contribution in [3.05, 3.63) is 75.4 Å². The van der Waals surface area contributed by atoms with Crippen LogP contribution in [-0.2, 0) is 19.5 Å². The summed E-state index contributed by atoms with van der Waals surface area (Å²) in [7, 11) is 0. The van der Waals surface area contributed by atoms with Gasteiger partial charge in [0.2, 0.25) is 0 Å². The molecule has 2 heterocycles. The van der Waals surface area contributed by atoms with E-state index in [9.17, 15) is 4.79 Å². The molecule has 1 saturated carbocycles. The molecule has 5 rings (SSSR count). The fourth-order valence-electron chi connectivity index (χ4n) is 5.45. The fraction of sp³-hybridized carbons (Fsp3) is 0.467. The molecule has 2 aromatic carbocycles. The quantitative estimate of drug-likeness (QED) is 0.327. The van der Waals surface area contributed by atoms with Gasteiger partial charge in [0.25, 0.3) is 5.91 Å². The van der Waals surface area contributed by atoms with Gasteiger partial charge in [-0.3, -0.25) is 14.4 Å². The van der Waals surface area contributed by atoms with Gasteiger partial charge in [0.1, 0.15) is 5.75 Å². The Morgan fingerprint density at radius 1 is 1.13 bits per heavy atom. The maximum atomic E-state index is 13.1. The zero-order valence-corrected chi connectivity index (χ0v) is 24.1. The number of rotatable bonds is 8. The minimum atomic E-state index is -0.130. The molecule has 38 heavy (non-hydrogen) atoms. The van der Waals surface area contributed by atoms with Crippen molar-refractivity contribution in [2.75, 3.05) is 18.5 Å². The molecule has 8 heteroatoms. The lowest BCUT2D eigenvalue weighted by Crippen LogP contribution is -2.37. The summed E-state index contributed by atoms with van der Waals surface area (Å²) < 4.78 is 7.87. The number of aromatic nitrogens is 2. The average molecular weight is 558 g/mol. The molecule has 0 spiro atoms. The number of carbonyl (C=O) groups is 1. The Hall–Kier alpha value is -2.54. The van der Waals surface area contributed by atoms with Crippen LogP contribution in [0.3, 0.4) is 0 Å². The van der Waals surface area contributed by atoms with Crippen LogP contribution in [0.4, 0.5) is 5.82 Å². The van der Waals surface area contributed by atoms with Crippen LogP contribution in [0.25, 0.3) is 0 Å². The largest absolute Gasteiger partial charge is 0.493 e. The third-order valence-electron chi connectivity index (χ3n) is 7.49. The Labute approximate surface area is 237 Å². The first kappa shape index (κ1) is 28.5. The van der Waals surface area contributed by atoms with Crippen molar-refractivity contribution in [2.24, 2.45) is 5.92 Å². The van der Waals surface area contributed by atoms with Crippen LogP contribution in [0.1, 0.15) is 72.3 Å². The van der Waals surface area contributed by atoms with Gasteiger partial charge >= 0.3 is 0 Å². The van der Waals surface area contributed by atoms with Crippen LogP contribution in [0, 0.1) is 12.8 Å². The van der Waals surface area contributed by atoms with Gasteiger partial charge in [-0.15, -0.1) is 12.4 Å². The van der Waals surface area contributed by atoms with Crippen LogP contribution in [0.5, 0.6) is 5.75 Å². The number of halogens is 2. The van der Waals surface area contributed by atoms with E-state index in [4.69, 9.17) is 16.3 Å². The third kappa shape index (κ3) is 6.71. The Bertz CT molecular complexity index is 1270. The number of carbonyl (C=O) groups excluding carboxylic acids is 1. The molecule has 1 amide bonds. The first-order valence-electron chi connectivity index (χ1n) is 13.5. The zero-order valence-electron chi connectivity index (χ0n) is 22.5. The Kier molecular flexibility index (Phi) is 9.40. The molecule has 1 aliphatic carbocycles. The van der Waals surface area contributed by atoms with Crippen LogP contribution in [-0.4, -0.2) is 39.8 Å². The summed E-state index contributed by atoms with van der Waals surface area (Å²) in [6.07, 6.45) is 6.36. The molecule has 0 bridgehead atoms. The van der Waals surface area contributed by atoms with Crippen LogP contribution in [0.15, 0.2) is 42.5 Å². The van der Waals surface area contributed by atoms with Gasteiger partial charge in [-0.25, -0.2) is 0 Å². The number of aryl methyl sites for hydroxylation is 1. The Balaban J connectivity index is 0.00000336. The first-order chi connectivity index (χ1) is 17.9. The van der Waals surface area contributed by atoms with Crippen molar-refractivity contribution in [1.82, 2.24) is 14.7 Å². The highest BCUT2D eigenvalue weighted by molar-refractivity contribution is 6.30. The maximum Gasteiger partial charge on any atom is 0.256 e. The second kappa shape index (κ2) is 12.5. The molecule has 1 fully saturated rings. The number of nitrogens with zero attached hydrogens (tertiary/aromatic N) is 3. The van der Waals surface area contributed by atoms with E-state index in [0.29, 0.717) is 35.5 Å². The van der Waals surface area contributed by atoms with Crippen molar-refractivity contribution in [2.45, 2.75) is 72.0 Å². The minimum Gasteiger partial charge on any atom is -0.493 e. The number of anilines is 1. The van der Waals surface area contributed by atoms with Gasteiger partial charge in [0.05, 0.1) is 13.2 Å². The smallest absolute Gasteiger partial charge is 0.256 e. The summed E-state index contributed by atoms with van der Waals surface area (Å²) in [6.45, 7) is 9.44. The summed E-state index contributed by atoms with van der Waals surface area (Å²) in [5.41, 5.74) is 5.23. The highest BCUT2D eigenvalue weighted by Gasteiger charge is 2.26.